The number of ether oxygens (including phenoxy) is 1. The topological polar surface area (TPSA) is 58.6 Å². The largest absolute Gasteiger partial charge is 0.484 e. The Morgan fingerprint density at radius 3 is 2.89 bits per heavy atom. The van der Waals surface area contributed by atoms with Gasteiger partial charge < -0.3 is 15.2 Å². The maximum atomic E-state index is 11.5. The predicted molar refractivity (Wildman–Crippen MR) is 75.2 cm³/mol. The van der Waals surface area contributed by atoms with E-state index in [9.17, 15) is 9.90 Å². The maximum Gasteiger partial charge on any atom is 0.258 e. The van der Waals surface area contributed by atoms with Crippen molar-refractivity contribution >= 4 is 5.91 Å². The van der Waals surface area contributed by atoms with E-state index in [1.54, 1.807) is 0 Å². The number of aliphatic hydroxyl groups is 1. The third-order valence-electron chi connectivity index (χ3n) is 2.83. The molecule has 0 aromatic heterocycles. The third-order valence-corrected chi connectivity index (χ3v) is 2.83. The molecule has 1 atom stereocenters. The van der Waals surface area contributed by atoms with Crippen molar-refractivity contribution < 1.29 is 14.6 Å². The van der Waals surface area contributed by atoms with Gasteiger partial charge in [-0.05, 0) is 30.5 Å². The molecule has 0 spiro atoms. The average Bonchev–Trinajstić information content (AvgIpc) is 2.43. The Labute approximate surface area is 114 Å². The number of aryl methyl sites for hydroxylation is 1. The summed E-state index contributed by atoms with van der Waals surface area (Å²) in [6.45, 7) is 4.33. The van der Waals surface area contributed by atoms with E-state index in [1.165, 1.54) is 5.56 Å². The van der Waals surface area contributed by atoms with Gasteiger partial charge in [0.1, 0.15) is 5.75 Å². The molecule has 1 aromatic rings. The summed E-state index contributed by atoms with van der Waals surface area (Å²) >= 11 is 0. The number of aliphatic hydroxyl groups excluding tert-OH is 1. The minimum Gasteiger partial charge on any atom is -0.484 e. The van der Waals surface area contributed by atoms with Crippen molar-refractivity contribution in [3.63, 3.8) is 0 Å². The first-order chi connectivity index (χ1) is 9.15. The van der Waals surface area contributed by atoms with Crippen LogP contribution in [0.5, 0.6) is 5.75 Å². The number of rotatable bonds is 8. The highest BCUT2D eigenvalue weighted by Crippen LogP contribution is 2.13. The lowest BCUT2D eigenvalue weighted by atomic mass is 10.2. The molecule has 1 aromatic carbocycles. The summed E-state index contributed by atoms with van der Waals surface area (Å²) in [5.74, 6) is 0.487. The lowest BCUT2D eigenvalue weighted by Gasteiger charge is -2.11. The van der Waals surface area contributed by atoms with Crippen LogP contribution < -0.4 is 10.1 Å². The van der Waals surface area contributed by atoms with E-state index >= 15 is 0 Å². The van der Waals surface area contributed by atoms with E-state index in [0.29, 0.717) is 12.2 Å². The number of carbonyl (C=O) groups excluding carboxylic acids is 1. The summed E-state index contributed by atoms with van der Waals surface area (Å²) in [6.07, 6.45) is 2.06. The van der Waals surface area contributed by atoms with Crippen LogP contribution in [0.2, 0.25) is 0 Å². The molecule has 0 aliphatic rings. The molecule has 1 rings (SSSR count). The smallest absolute Gasteiger partial charge is 0.258 e. The van der Waals surface area contributed by atoms with Crippen LogP contribution in [0, 0.1) is 0 Å². The molecule has 0 saturated carbocycles. The summed E-state index contributed by atoms with van der Waals surface area (Å²) in [6, 6.07) is 7.70. The lowest BCUT2D eigenvalue weighted by Crippen LogP contribution is -2.35. The molecule has 0 fully saturated rings. The van der Waals surface area contributed by atoms with E-state index in [-0.39, 0.29) is 19.1 Å². The van der Waals surface area contributed by atoms with Gasteiger partial charge in [0.2, 0.25) is 0 Å². The molecule has 4 heteroatoms. The van der Waals surface area contributed by atoms with E-state index in [2.05, 4.69) is 12.2 Å². The fourth-order valence-corrected chi connectivity index (χ4v) is 1.72. The molecule has 0 bridgehead atoms. The monoisotopic (exact) mass is 265 g/mol. The number of benzene rings is 1. The number of carbonyl (C=O) groups is 1. The van der Waals surface area contributed by atoms with Crippen molar-refractivity contribution in [3.05, 3.63) is 29.8 Å². The van der Waals surface area contributed by atoms with Crippen LogP contribution >= 0.6 is 0 Å². The van der Waals surface area contributed by atoms with Crippen molar-refractivity contribution in [3.8, 4) is 5.75 Å². The fraction of sp³-hybridized carbons (Fsp3) is 0.533. The van der Waals surface area contributed by atoms with Gasteiger partial charge in [0.25, 0.3) is 5.91 Å². The first kappa shape index (κ1) is 15.5. The Bertz CT molecular complexity index is 393. The van der Waals surface area contributed by atoms with Crippen molar-refractivity contribution in [1.82, 2.24) is 5.32 Å². The Balaban J connectivity index is 2.29. The third kappa shape index (κ3) is 6.25. The molecule has 106 valence electrons. The zero-order valence-corrected chi connectivity index (χ0v) is 11.7. The van der Waals surface area contributed by atoms with Crippen molar-refractivity contribution in [2.45, 2.75) is 39.2 Å². The van der Waals surface area contributed by atoms with E-state index in [1.807, 2.05) is 31.2 Å². The van der Waals surface area contributed by atoms with Crippen molar-refractivity contribution in [2.24, 2.45) is 0 Å². The summed E-state index contributed by atoms with van der Waals surface area (Å²) in [5.41, 5.74) is 1.18. The highest BCUT2D eigenvalue weighted by atomic mass is 16.5. The van der Waals surface area contributed by atoms with Crippen LogP contribution in [0.15, 0.2) is 24.3 Å². The summed E-state index contributed by atoms with van der Waals surface area (Å²) in [5, 5.41) is 12.1. The maximum absolute atomic E-state index is 11.5. The number of amides is 1. The highest BCUT2D eigenvalue weighted by molar-refractivity contribution is 5.77. The van der Waals surface area contributed by atoms with Gasteiger partial charge in [-0.1, -0.05) is 32.4 Å². The van der Waals surface area contributed by atoms with Crippen LogP contribution in [0.1, 0.15) is 32.3 Å². The summed E-state index contributed by atoms with van der Waals surface area (Å²) < 4.78 is 5.41. The highest BCUT2D eigenvalue weighted by Gasteiger charge is 2.06. The Morgan fingerprint density at radius 2 is 2.21 bits per heavy atom. The van der Waals surface area contributed by atoms with Crippen LogP contribution in [0.25, 0.3) is 0 Å². The number of hydrogen-bond acceptors (Lipinski definition) is 3. The lowest BCUT2D eigenvalue weighted by molar-refractivity contribution is -0.123. The average molecular weight is 265 g/mol. The first-order valence-electron chi connectivity index (χ1n) is 6.82. The SMILES string of the molecule is CCCC(O)CNC(=O)COc1cccc(CC)c1. The number of hydrogen-bond donors (Lipinski definition) is 2. The Kier molecular flexibility index (Phi) is 6.97. The zero-order chi connectivity index (χ0) is 14.1. The normalized spacial score (nSPS) is 11.9. The second-order valence-corrected chi connectivity index (χ2v) is 4.54. The van der Waals surface area contributed by atoms with E-state index < -0.39 is 6.10 Å². The van der Waals surface area contributed by atoms with Crippen molar-refractivity contribution in [2.75, 3.05) is 13.2 Å². The van der Waals surface area contributed by atoms with Crippen LogP contribution in [0.3, 0.4) is 0 Å². The van der Waals surface area contributed by atoms with Gasteiger partial charge in [0, 0.05) is 6.54 Å². The minimum absolute atomic E-state index is 0.0218. The van der Waals surface area contributed by atoms with Crippen LogP contribution in [0.4, 0.5) is 0 Å². The fourth-order valence-electron chi connectivity index (χ4n) is 1.72. The van der Waals surface area contributed by atoms with Crippen LogP contribution in [-0.4, -0.2) is 30.3 Å². The van der Waals surface area contributed by atoms with E-state index in [4.69, 9.17) is 4.74 Å². The molecule has 0 radical (unpaired) electrons. The Hall–Kier alpha value is -1.55. The minimum atomic E-state index is -0.475. The molecule has 2 N–H and O–H groups in total. The molecule has 1 amide bonds. The van der Waals surface area contributed by atoms with Gasteiger partial charge >= 0.3 is 0 Å². The quantitative estimate of drug-likeness (QED) is 0.755. The molecule has 0 aliphatic heterocycles. The first-order valence-corrected chi connectivity index (χ1v) is 6.82. The number of nitrogens with one attached hydrogen (secondary N) is 1. The molecule has 0 aliphatic carbocycles. The van der Waals surface area contributed by atoms with Gasteiger partial charge in [-0.3, -0.25) is 4.79 Å². The Morgan fingerprint density at radius 1 is 1.42 bits per heavy atom. The molecule has 0 saturated heterocycles. The van der Waals surface area contributed by atoms with Gasteiger partial charge in [0.05, 0.1) is 6.10 Å². The second-order valence-electron chi connectivity index (χ2n) is 4.54. The van der Waals surface area contributed by atoms with Gasteiger partial charge in [-0.2, -0.15) is 0 Å². The molecule has 0 heterocycles. The van der Waals surface area contributed by atoms with Gasteiger partial charge in [-0.25, -0.2) is 0 Å². The van der Waals surface area contributed by atoms with E-state index in [0.717, 1.165) is 12.8 Å². The summed E-state index contributed by atoms with van der Waals surface area (Å²) in [7, 11) is 0. The predicted octanol–water partition coefficient (Wildman–Crippen LogP) is 1.91. The zero-order valence-electron chi connectivity index (χ0n) is 11.7. The molecular formula is C15H23NO3. The standard InChI is InChI=1S/C15H23NO3/c1-3-6-13(17)10-16-15(18)11-19-14-8-5-7-12(4-2)9-14/h5,7-9,13,17H,3-4,6,10-11H2,1-2H3,(H,16,18). The van der Waals surface area contributed by atoms with Crippen LogP contribution in [-0.2, 0) is 11.2 Å². The molecule has 1 unspecified atom stereocenters. The molecular weight excluding hydrogens is 242 g/mol. The van der Waals surface area contributed by atoms with Gasteiger partial charge in [0.15, 0.2) is 6.61 Å². The summed E-state index contributed by atoms with van der Waals surface area (Å²) in [4.78, 5) is 11.5. The molecule has 19 heavy (non-hydrogen) atoms. The van der Waals surface area contributed by atoms with Gasteiger partial charge in [-0.15, -0.1) is 0 Å². The second kappa shape index (κ2) is 8.53. The molecule has 4 nitrogen and oxygen atoms in total. The van der Waals surface area contributed by atoms with Crippen molar-refractivity contribution in [1.29, 1.82) is 0 Å².